The fourth-order valence-corrected chi connectivity index (χ4v) is 4.73. The molecule has 2 amide bonds. The van der Waals surface area contributed by atoms with Crippen LogP contribution >= 0.6 is 0 Å². The number of carboxylic acids is 1. The van der Waals surface area contributed by atoms with Gasteiger partial charge < -0.3 is 34.7 Å². The minimum absolute atomic E-state index is 0.100. The zero-order valence-corrected chi connectivity index (χ0v) is 25.7. The summed E-state index contributed by atoms with van der Waals surface area (Å²) in [6.07, 6.45) is 5.27. The Morgan fingerprint density at radius 3 is 2.18 bits per heavy atom. The highest BCUT2D eigenvalue weighted by atomic mass is 32.2. The Bertz CT molecular complexity index is 1260. The Balaban J connectivity index is 1.56. The lowest BCUT2D eigenvalue weighted by molar-refractivity contribution is -0.142. The molecule has 1 heterocycles. The van der Waals surface area contributed by atoms with E-state index in [0.29, 0.717) is 0 Å². The van der Waals surface area contributed by atoms with Crippen molar-refractivity contribution >= 4 is 33.6 Å². The molecule has 0 unspecified atom stereocenters. The highest BCUT2D eigenvalue weighted by Gasteiger charge is 2.16. The summed E-state index contributed by atoms with van der Waals surface area (Å²) in [5, 5.41) is 13.7. The Labute approximate surface area is 257 Å². The van der Waals surface area contributed by atoms with E-state index in [-0.39, 0.29) is 94.0 Å². The van der Waals surface area contributed by atoms with E-state index in [1.165, 1.54) is 24.4 Å². The van der Waals surface area contributed by atoms with Gasteiger partial charge in [0, 0.05) is 19.3 Å². The summed E-state index contributed by atoms with van der Waals surface area (Å²) < 4.78 is 48.7. The number of benzene rings is 1. The lowest BCUT2D eigenvalue weighted by atomic mass is 10.1. The maximum absolute atomic E-state index is 12.8. The zero-order valence-electron chi connectivity index (χ0n) is 24.9. The fraction of sp³-hybridized carbons (Fsp3) is 0.517. The summed E-state index contributed by atoms with van der Waals surface area (Å²) in [5.74, 6) is -1.65. The van der Waals surface area contributed by atoms with Crippen LogP contribution in [0.2, 0.25) is 0 Å². The Morgan fingerprint density at radius 1 is 0.841 bits per heavy atom. The van der Waals surface area contributed by atoms with E-state index in [1.807, 2.05) is 6.07 Å². The molecule has 15 heteroatoms. The summed E-state index contributed by atoms with van der Waals surface area (Å²) in [4.78, 5) is 38.6. The molecule has 0 bridgehead atoms. The van der Waals surface area contributed by atoms with Crippen LogP contribution in [0.4, 0.5) is 5.82 Å². The van der Waals surface area contributed by atoms with Gasteiger partial charge in [-0.1, -0.05) is 31.9 Å². The first-order chi connectivity index (χ1) is 21.2. The normalized spacial score (nSPS) is 11.2. The third kappa shape index (κ3) is 15.7. The molecule has 0 saturated carbocycles. The molecule has 0 spiro atoms. The van der Waals surface area contributed by atoms with Gasteiger partial charge in [0.25, 0.3) is 15.9 Å². The van der Waals surface area contributed by atoms with Crippen LogP contribution in [0.3, 0.4) is 0 Å². The second-order valence-corrected chi connectivity index (χ2v) is 11.2. The number of aryl methyl sites for hydroxylation is 1. The predicted molar refractivity (Wildman–Crippen MR) is 161 cm³/mol. The van der Waals surface area contributed by atoms with Gasteiger partial charge in [0.2, 0.25) is 5.91 Å². The van der Waals surface area contributed by atoms with Crippen molar-refractivity contribution in [2.75, 3.05) is 70.7 Å². The highest BCUT2D eigenvalue weighted by molar-refractivity contribution is 7.92. The van der Waals surface area contributed by atoms with Gasteiger partial charge in [-0.15, -0.1) is 0 Å². The van der Waals surface area contributed by atoms with Crippen molar-refractivity contribution in [2.24, 2.45) is 0 Å². The number of aliphatic carboxylic acids is 1. The average Bonchev–Trinajstić information content (AvgIpc) is 3.00. The smallest absolute Gasteiger partial charge is 0.329 e. The number of carbonyl (C=O) groups excluding carboxylic acids is 2. The monoisotopic (exact) mass is 638 g/mol. The number of anilines is 1. The predicted octanol–water partition coefficient (Wildman–Crippen LogP) is 1.61. The van der Waals surface area contributed by atoms with Gasteiger partial charge in [0.05, 0.1) is 50.1 Å². The van der Waals surface area contributed by atoms with E-state index < -0.39 is 16.0 Å². The van der Waals surface area contributed by atoms with Crippen LogP contribution in [0, 0.1) is 0 Å². The first-order valence-electron chi connectivity index (χ1n) is 14.4. The van der Waals surface area contributed by atoms with Crippen molar-refractivity contribution in [3.05, 3.63) is 53.7 Å². The minimum atomic E-state index is -3.83. The summed E-state index contributed by atoms with van der Waals surface area (Å²) in [6, 6.07) is 9.74. The van der Waals surface area contributed by atoms with Crippen molar-refractivity contribution in [2.45, 2.75) is 37.5 Å². The molecule has 2 rings (SSSR count). The van der Waals surface area contributed by atoms with Crippen LogP contribution in [-0.4, -0.2) is 102 Å². The van der Waals surface area contributed by atoms with E-state index in [1.54, 1.807) is 12.1 Å². The summed E-state index contributed by atoms with van der Waals surface area (Å²) in [6.45, 7) is 3.34. The van der Waals surface area contributed by atoms with Crippen molar-refractivity contribution in [1.82, 2.24) is 15.6 Å². The molecule has 0 aliphatic heterocycles. The molecule has 2 aromatic rings. The molecule has 0 aliphatic rings. The second kappa shape index (κ2) is 21.1. The minimum Gasteiger partial charge on any atom is -0.480 e. The first kappa shape index (κ1) is 36.6. The second-order valence-electron chi connectivity index (χ2n) is 9.47. The number of nitrogens with zero attached hydrogens (tertiary/aromatic N) is 1. The number of carbonyl (C=O) groups is 3. The van der Waals surface area contributed by atoms with Gasteiger partial charge in [-0.05, 0) is 42.7 Å². The molecule has 0 saturated heterocycles. The Hall–Kier alpha value is -3.63. The number of sulfonamides is 1. The molecule has 0 aliphatic carbocycles. The molecule has 14 nitrogen and oxygen atoms in total. The largest absolute Gasteiger partial charge is 0.480 e. The van der Waals surface area contributed by atoms with Crippen molar-refractivity contribution in [1.29, 1.82) is 0 Å². The number of ether oxygens (including phenoxy) is 4. The molecular formula is C29H42N4O10S. The van der Waals surface area contributed by atoms with Crippen molar-refractivity contribution in [3.8, 4) is 0 Å². The molecule has 0 atom stereocenters. The van der Waals surface area contributed by atoms with E-state index >= 15 is 0 Å². The summed E-state index contributed by atoms with van der Waals surface area (Å²) in [5.41, 5.74) is 1.22. The molecule has 1 aromatic heterocycles. The Kier molecular flexibility index (Phi) is 17.6. The van der Waals surface area contributed by atoms with E-state index in [4.69, 9.17) is 24.1 Å². The molecule has 4 N–H and O–H groups in total. The maximum Gasteiger partial charge on any atom is 0.329 e. The number of pyridine rings is 1. The van der Waals surface area contributed by atoms with E-state index in [9.17, 15) is 22.8 Å². The summed E-state index contributed by atoms with van der Waals surface area (Å²) in [7, 11) is -3.83. The molecule has 244 valence electrons. The molecule has 1 aromatic carbocycles. The van der Waals surface area contributed by atoms with Crippen LogP contribution in [0.25, 0.3) is 0 Å². The van der Waals surface area contributed by atoms with E-state index in [0.717, 1.165) is 31.2 Å². The molecule has 0 radical (unpaired) electrons. The molecule has 0 fully saturated rings. The number of aromatic nitrogens is 1. The standard InChI is InChI=1S/C29H42N4O10S/c1-2-3-4-6-23-7-5-8-25(19-23)44(38,39)33-26-10-9-24(20-32-26)29(37)31-12-14-41-15-17-42-21-27(34)30-11-13-40-16-18-43-22-28(35)36/h5,7-10,19-20H,2-4,6,11-18,21-22H2,1H3,(H,30,34)(H,31,37)(H,32,33)(H,35,36). The van der Waals surface area contributed by atoms with Gasteiger partial charge >= 0.3 is 5.97 Å². The number of rotatable bonds is 24. The first-order valence-corrected chi connectivity index (χ1v) is 15.8. The van der Waals surface area contributed by atoms with Crippen LogP contribution in [0.1, 0.15) is 42.1 Å². The summed E-state index contributed by atoms with van der Waals surface area (Å²) >= 11 is 0. The third-order valence-electron chi connectivity index (χ3n) is 5.85. The molecule has 44 heavy (non-hydrogen) atoms. The fourth-order valence-electron chi connectivity index (χ4n) is 3.65. The van der Waals surface area contributed by atoms with Crippen LogP contribution in [-0.2, 0) is 45.0 Å². The Morgan fingerprint density at radius 2 is 1.52 bits per heavy atom. The van der Waals surface area contributed by atoms with Gasteiger partial charge in [0.15, 0.2) is 0 Å². The quantitative estimate of drug-likeness (QED) is 0.122. The van der Waals surface area contributed by atoms with Gasteiger partial charge in [0.1, 0.15) is 19.0 Å². The number of hydrogen-bond donors (Lipinski definition) is 4. The number of hydrogen-bond acceptors (Lipinski definition) is 10. The lowest BCUT2D eigenvalue weighted by Crippen LogP contribution is -2.31. The van der Waals surface area contributed by atoms with Crippen LogP contribution < -0.4 is 15.4 Å². The van der Waals surface area contributed by atoms with Crippen LogP contribution in [0.5, 0.6) is 0 Å². The van der Waals surface area contributed by atoms with E-state index in [2.05, 4.69) is 27.3 Å². The van der Waals surface area contributed by atoms with Crippen molar-refractivity contribution < 1.29 is 46.9 Å². The number of unbranched alkanes of at least 4 members (excludes halogenated alkanes) is 2. The molecular weight excluding hydrogens is 596 g/mol. The van der Waals surface area contributed by atoms with Gasteiger partial charge in [-0.25, -0.2) is 18.2 Å². The lowest BCUT2D eigenvalue weighted by Gasteiger charge is -2.10. The average molecular weight is 639 g/mol. The number of carboxylic acid groups (broad SMARTS) is 1. The van der Waals surface area contributed by atoms with Gasteiger partial charge in [-0.2, -0.15) is 0 Å². The van der Waals surface area contributed by atoms with Crippen molar-refractivity contribution in [3.63, 3.8) is 0 Å². The highest BCUT2D eigenvalue weighted by Crippen LogP contribution is 2.17. The zero-order chi connectivity index (χ0) is 32.0. The number of nitrogens with one attached hydrogen (secondary N) is 3. The van der Waals surface area contributed by atoms with Crippen LogP contribution in [0.15, 0.2) is 47.5 Å². The topological polar surface area (TPSA) is 191 Å². The third-order valence-corrected chi connectivity index (χ3v) is 7.20. The SMILES string of the molecule is CCCCCc1cccc(S(=O)(=O)Nc2ccc(C(=O)NCCOCCOCC(=O)NCCOCCOCC(=O)O)cn2)c1. The number of amides is 2. The van der Waals surface area contributed by atoms with Gasteiger partial charge in [-0.3, -0.25) is 14.3 Å². The maximum atomic E-state index is 12.8.